The maximum absolute atomic E-state index is 14.6. The van der Waals surface area contributed by atoms with Crippen molar-refractivity contribution >= 4 is 63.8 Å². The molecule has 6 rings (SSSR count). The summed E-state index contributed by atoms with van der Waals surface area (Å²) in [5.41, 5.74) is 7.85. The van der Waals surface area contributed by atoms with Crippen LogP contribution in [-0.2, 0) is 52.8 Å². The van der Waals surface area contributed by atoms with Gasteiger partial charge in [0.05, 0.1) is 30.0 Å². The van der Waals surface area contributed by atoms with Crippen molar-refractivity contribution in [2.24, 2.45) is 22.2 Å². The summed E-state index contributed by atoms with van der Waals surface area (Å²) < 4.78 is 18.9. The van der Waals surface area contributed by atoms with Gasteiger partial charge in [0.2, 0.25) is 11.8 Å². The number of allylic oxidation sites excluding steroid dienone is 2. The number of esters is 1. The molecule has 2 fully saturated rings. The molecule has 0 aliphatic carbocycles. The van der Waals surface area contributed by atoms with Crippen LogP contribution in [0.5, 0.6) is 0 Å². The van der Waals surface area contributed by atoms with Gasteiger partial charge in [0, 0.05) is 80.4 Å². The van der Waals surface area contributed by atoms with Crippen LogP contribution < -0.4 is 10.7 Å². The highest BCUT2D eigenvalue weighted by Gasteiger charge is 2.40. The Kier molecular flexibility index (Phi) is 16.0. The van der Waals surface area contributed by atoms with E-state index in [1.807, 2.05) is 39.8 Å². The largest absolute Gasteiger partial charge is 0.464 e. The van der Waals surface area contributed by atoms with Crippen LogP contribution in [-0.4, -0.2) is 129 Å². The minimum absolute atomic E-state index is 0.000109. The molecule has 0 saturated carbocycles. The van der Waals surface area contributed by atoms with Crippen molar-refractivity contribution < 1.29 is 33.4 Å². The average Bonchev–Trinajstić information content (AvgIpc) is 4.05. The van der Waals surface area contributed by atoms with Crippen LogP contribution in [0.15, 0.2) is 41.5 Å². The summed E-state index contributed by atoms with van der Waals surface area (Å²) in [4.78, 5) is 82.0. The third-order valence-corrected chi connectivity index (χ3v) is 13.4. The van der Waals surface area contributed by atoms with E-state index in [1.165, 1.54) is 9.91 Å². The molecule has 17 heteroatoms. The van der Waals surface area contributed by atoms with Crippen LogP contribution in [0, 0.1) is 29.1 Å². The number of aryl methyl sites for hydroxylation is 1. The summed E-state index contributed by atoms with van der Waals surface area (Å²) in [5, 5.41) is 5.86. The van der Waals surface area contributed by atoms with E-state index < -0.39 is 47.2 Å². The number of hydrazine groups is 1. The number of aliphatic imine (C=N–C) groups is 1. The minimum atomic E-state index is -1.14. The normalized spacial score (nSPS) is 21.4. The lowest BCUT2D eigenvalue weighted by atomic mass is 9.84. The molecule has 16 nitrogen and oxygen atoms in total. The summed E-state index contributed by atoms with van der Waals surface area (Å²) >= 11 is 1.14. The van der Waals surface area contributed by atoms with Gasteiger partial charge in [-0.15, -0.1) is 0 Å². The SMILES string of the molecule is C=C/C(=C(\N=C/C)[C@H](C)OC)c1c2c3cc(ccc3n1CC)-c1nsc(n1)C[C@H](NC(=O)[C@H](C(C)C)N(C)C(=O)[C@H]1CCN(C(=O)C#CC)C1)C(=O)N1CCC[C@H](N1)C(=O)OCC(C)(C)C2. The van der Waals surface area contributed by atoms with E-state index in [-0.39, 0.29) is 50.0 Å². The predicted molar refractivity (Wildman–Crippen MR) is 256 cm³/mol. The Morgan fingerprint density at radius 3 is 2.62 bits per heavy atom. The zero-order chi connectivity index (χ0) is 48.0. The molecule has 1 aromatic carbocycles. The van der Waals surface area contributed by atoms with Gasteiger partial charge in [-0.2, -0.15) is 4.37 Å². The molecule has 4 amide bonds. The molecule has 3 aliphatic rings. The van der Waals surface area contributed by atoms with E-state index in [0.717, 1.165) is 50.5 Å². The summed E-state index contributed by atoms with van der Waals surface area (Å²) in [7, 11) is 3.24. The van der Waals surface area contributed by atoms with Gasteiger partial charge in [0.15, 0.2) is 5.82 Å². The van der Waals surface area contributed by atoms with Gasteiger partial charge in [-0.05, 0) is 101 Å². The van der Waals surface area contributed by atoms with Crippen LogP contribution >= 0.6 is 11.5 Å². The quantitative estimate of drug-likeness (QED) is 0.112. The van der Waals surface area contributed by atoms with Crippen LogP contribution in [0.2, 0.25) is 0 Å². The highest BCUT2D eigenvalue weighted by molar-refractivity contribution is 7.05. The Bertz CT molecular complexity index is 2480. The van der Waals surface area contributed by atoms with E-state index in [2.05, 4.69) is 66.6 Å². The minimum Gasteiger partial charge on any atom is -0.464 e. The maximum atomic E-state index is 14.6. The van der Waals surface area contributed by atoms with Crippen LogP contribution in [0.3, 0.4) is 0 Å². The number of likely N-dealkylation sites (N-methyl/N-ethyl adjacent to an activating group) is 1. The van der Waals surface area contributed by atoms with Crippen LogP contribution in [0.1, 0.15) is 90.9 Å². The molecular formula is C49H65N9O7S. The Hall–Kier alpha value is -5.70. The van der Waals surface area contributed by atoms with Gasteiger partial charge in [-0.3, -0.25) is 34.0 Å². The zero-order valence-electron chi connectivity index (χ0n) is 40.0. The molecule has 354 valence electrons. The smallest absolute Gasteiger partial charge is 0.324 e. The number of fused-ring (bicyclic) bond motifs is 6. The van der Waals surface area contributed by atoms with Crippen LogP contribution in [0.4, 0.5) is 0 Å². The Morgan fingerprint density at radius 1 is 1.20 bits per heavy atom. The molecule has 0 unspecified atom stereocenters. The van der Waals surface area contributed by atoms with E-state index in [1.54, 1.807) is 32.2 Å². The number of amides is 4. The first-order chi connectivity index (χ1) is 31.5. The first-order valence-electron chi connectivity index (χ1n) is 22.9. The van der Waals surface area contributed by atoms with E-state index in [4.69, 9.17) is 23.8 Å². The second-order valence-corrected chi connectivity index (χ2v) is 19.2. The number of cyclic esters (lactones) is 1. The number of hydrogen-bond acceptors (Lipinski definition) is 12. The number of carbonyl (C=O) groups excluding carboxylic acids is 5. The number of nitrogens with zero attached hydrogens (tertiary/aromatic N) is 7. The number of likely N-dealkylation sites (tertiary alicyclic amines) is 1. The number of benzene rings is 1. The number of ether oxygens (including phenoxy) is 2. The third kappa shape index (κ3) is 10.6. The van der Waals surface area contributed by atoms with E-state index in [0.29, 0.717) is 49.6 Å². The Labute approximate surface area is 392 Å². The molecule has 5 heterocycles. The molecule has 2 N–H and O–H groups in total. The van der Waals surface area contributed by atoms with Gasteiger partial charge in [-0.1, -0.05) is 46.3 Å². The lowest BCUT2D eigenvalue weighted by Gasteiger charge is -2.36. The maximum Gasteiger partial charge on any atom is 0.324 e. The number of aromatic nitrogens is 3. The van der Waals surface area contributed by atoms with Crippen molar-refractivity contribution in [2.45, 2.75) is 118 Å². The molecule has 2 saturated heterocycles. The highest BCUT2D eigenvalue weighted by atomic mass is 32.1. The van der Waals surface area contributed by atoms with Crippen molar-refractivity contribution in [1.82, 2.24) is 39.5 Å². The predicted octanol–water partition coefficient (Wildman–Crippen LogP) is 5.21. The molecule has 0 radical (unpaired) electrons. The summed E-state index contributed by atoms with van der Waals surface area (Å²) in [5.74, 6) is 2.73. The lowest BCUT2D eigenvalue weighted by molar-refractivity contribution is -0.155. The molecule has 66 heavy (non-hydrogen) atoms. The monoisotopic (exact) mass is 923 g/mol. The molecular weight excluding hydrogens is 859 g/mol. The molecule has 3 aliphatic heterocycles. The third-order valence-electron chi connectivity index (χ3n) is 12.7. The fourth-order valence-corrected chi connectivity index (χ4v) is 10.0. The average molecular weight is 924 g/mol. The topological polar surface area (TPSA) is 181 Å². The van der Waals surface area contributed by atoms with Gasteiger partial charge < -0.3 is 29.2 Å². The van der Waals surface area contributed by atoms with Crippen LogP contribution in [0.25, 0.3) is 27.9 Å². The van der Waals surface area contributed by atoms with Gasteiger partial charge in [-0.25, -0.2) is 10.4 Å². The molecule has 2 aromatic heterocycles. The number of rotatable bonds is 11. The highest BCUT2D eigenvalue weighted by Crippen LogP contribution is 2.40. The summed E-state index contributed by atoms with van der Waals surface area (Å²) in [6.07, 6.45) is 5.18. The van der Waals surface area contributed by atoms with Crippen molar-refractivity contribution in [2.75, 3.05) is 40.4 Å². The summed E-state index contributed by atoms with van der Waals surface area (Å²) in [6, 6.07) is 3.25. The second-order valence-electron chi connectivity index (χ2n) is 18.4. The number of carbonyl (C=O) groups is 5. The summed E-state index contributed by atoms with van der Waals surface area (Å²) in [6.45, 7) is 21.2. The van der Waals surface area contributed by atoms with Crippen molar-refractivity contribution in [3.63, 3.8) is 0 Å². The fraction of sp³-hybridized carbons (Fsp3) is 0.551. The Balaban J connectivity index is 1.41. The second kappa shape index (κ2) is 21.3. The molecule has 6 bridgehead atoms. The first kappa shape index (κ1) is 49.7. The standard InChI is InChI=1S/C49H65N9O7S/c1-12-17-40(59)56-23-21-32(27-56)46(61)55(10)42(29(5)6)45(60)51-37-25-39-52-44(54-66-39)31-19-20-38-34(24-31)35(43(57(38)15-4)33(13-2)41(50-14-3)30(7)64-11)26-49(8,9)28-65-48(63)36-18-16-22-58(53-36)47(37)62/h13-14,19-20,24,29-30,32,36-37,42,53H,2,15-16,18,21-23,25-28H2,1,3-11H3,(H,51,60)/b41-33+,50-14-/t30-,32-,36-,37-,42-/m0/s1. The van der Waals surface area contributed by atoms with Crippen molar-refractivity contribution in [1.29, 1.82) is 0 Å². The van der Waals surface area contributed by atoms with Crippen molar-refractivity contribution in [3.05, 3.63) is 52.8 Å². The van der Waals surface area contributed by atoms with Crippen molar-refractivity contribution in [3.8, 4) is 23.2 Å². The van der Waals surface area contributed by atoms with E-state index >= 15 is 0 Å². The first-order valence-corrected chi connectivity index (χ1v) is 23.6. The van der Waals surface area contributed by atoms with Gasteiger partial charge >= 0.3 is 5.97 Å². The van der Waals surface area contributed by atoms with E-state index in [9.17, 15) is 24.0 Å². The fourth-order valence-electron chi connectivity index (χ4n) is 9.32. The number of nitrogens with one attached hydrogen (secondary N) is 2. The van der Waals surface area contributed by atoms with Gasteiger partial charge in [0.25, 0.3) is 11.8 Å². The number of hydrogen-bond donors (Lipinski definition) is 2. The zero-order valence-corrected chi connectivity index (χ0v) is 40.8. The Morgan fingerprint density at radius 2 is 1.95 bits per heavy atom. The molecule has 3 aromatic rings. The van der Waals surface area contributed by atoms with Gasteiger partial charge in [0.1, 0.15) is 23.1 Å². The lowest BCUT2D eigenvalue weighted by Crippen LogP contribution is -2.62. The molecule has 0 spiro atoms. The molecule has 5 atom stereocenters. The number of methoxy groups -OCH3 is 1.